The van der Waals surface area contributed by atoms with E-state index in [1.165, 1.54) is 6.92 Å². The minimum absolute atomic E-state index is 0.00560. The van der Waals surface area contributed by atoms with E-state index in [9.17, 15) is 9.59 Å². The number of nitrogens with two attached hydrogens (primary N) is 1. The van der Waals surface area contributed by atoms with Crippen LogP contribution in [-0.2, 0) is 9.59 Å². The molecule has 2 N–H and O–H groups in total. The molecule has 0 spiro atoms. The van der Waals surface area contributed by atoms with Crippen LogP contribution in [0.15, 0.2) is 0 Å². The fourth-order valence-corrected chi connectivity index (χ4v) is 1.48. The number of rotatable bonds is 2. The van der Waals surface area contributed by atoms with E-state index in [-0.39, 0.29) is 17.7 Å². The summed E-state index contributed by atoms with van der Waals surface area (Å²) in [4.78, 5) is 24.2. The van der Waals surface area contributed by atoms with Gasteiger partial charge in [-0.1, -0.05) is 0 Å². The molecule has 0 radical (unpaired) electrons. The Morgan fingerprint density at radius 1 is 1.69 bits per heavy atom. The molecule has 1 fully saturated rings. The fraction of sp³-hybridized carbons (Fsp3) is 0.778. The summed E-state index contributed by atoms with van der Waals surface area (Å²) in [5, 5.41) is 0. The molecule has 2 atom stereocenters. The smallest absolute Gasteiger partial charge is 0.243 e. The van der Waals surface area contributed by atoms with Gasteiger partial charge in [-0.3, -0.25) is 9.59 Å². The van der Waals surface area contributed by atoms with Crippen molar-refractivity contribution in [3.63, 3.8) is 0 Å². The molecule has 1 heterocycles. The minimum atomic E-state index is -0.774. The van der Waals surface area contributed by atoms with Crippen molar-refractivity contribution in [2.75, 3.05) is 6.54 Å². The number of amides is 1. The third-order valence-electron chi connectivity index (χ3n) is 2.68. The number of carbonyl (C=O) groups is 2. The van der Waals surface area contributed by atoms with Gasteiger partial charge in [-0.05, 0) is 27.2 Å². The maximum atomic E-state index is 11.6. The number of likely N-dealkylation sites (tertiary alicyclic amines) is 1. The SMILES string of the molecule is CC(=O)C(C)N1CCC(C)(N)C1=O. The van der Waals surface area contributed by atoms with Crippen LogP contribution in [0.1, 0.15) is 27.2 Å². The second kappa shape index (κ2) is 3.10. The van der Waals surface area contributed by atoms with Crippen LogP contribution in [0.2, 0.25) is 0 Å². The van der Waals surface area contributed by atoms with Crippen molar-refractivity contribution in [1.29, 1.82) is 0 Å². The Kier molecular flexibility index (Phi) is 2.43. The molecule has 1 rings (SSSR count). The molecule has 1 saturated heterocycles. The second-order valence-electron chi connectivity index (χ2n) is 3.95. The minimum Gasteiger partial charge on any atom is -0.331 e. The highest BCUT2D eigenvalue weighted by atomic mass is 16.2. The number of Topliss-reactive ketones (excluding diaryl/α,β-unsaturated/α-hetero) is 1. The van der Waals surface area contributed by atoms with Crippen molar-refractivity contribution >= 4 is 11.7 Å². The van der Waals surface area contributed by atoms with Crippen LogP contribution in [0, 0.1) is 0 Å². The lowest BCUT2D eigenvalue weighted by atomic mass is 10.0. The van der Waals surface area contributed by atoms with Crippen molar-refractivity contribution in [3.8, 4) is 0 Å². The molecule has 1 aliphatic rings. The molecule has 1 amide bonds. The highest BCUT2D eigenvalue weighted by molar-refractivity contribution is 5.93. The Balaban J connectivity index is 2.76. The quantitative estimate of drug-likeness (QED) is 0.652. The van der Waals surface area contributed by atoms with E-state index in [1.54, 1.807) is 18.7 Å². The van der Waals surface area contributed by atoms with Gasteiger partial charge in [0.25, 0.3) is 0 Å². The summed E-state index contributed by atoms with van der Waals surface area (Å²) in [6.07, 6.45) is 0.628. The van der Waals surface area contributed by atoms with Crippen LogP contribution in [-0.4, -0.2) is 34.7 Å². The van der Waals surface area contributed by atoms with Crippen molar-refractivity contribution in [1.82, 2.24) is 4.90 Å². The first-order chi connectivity index (χ1) is 5.86. The molecule has 0 aromatic rings. The first-order valence-corrected chi connectivity index (χ1v) is 4.46. The van der Waals surface area contributed by atoms with Crippen molar-refractivity contribution in [2.24, 2.45) is 5.73 Å². The van der Waals surface area contributed by atoms with Crippen LogP contribution in [0.25, 0.3) is 0 Å². The third kappa shape index (κ3) is 1.72. The average Bonchev–Trinajstić information content (AvgIpc) is 2.27. The summed E-state index contributed by atoms with van der Waals surface area (Å²) in [5.74, 6) is -0.110. The number of hydrogen-bond donors (Lipinski definition) is 1. The maximum absolute atomic E-state index is 11.6. The highest BCUT2D eigenvalue weighted by Gasteiger charge is 2.41. The first-order valence-electron chi connectivity index (χ1n) is 4.46. The van der Waals surface area contributed by atoms with E-state index in [4.69, 9.17) is 5.73 Å². The fourth-order valence-electron chi connectivity index (χ4n) is 1.48. The monoisotopic (exact) mass is 184 g/mol. The van der Waals surface area contributed by atoms with Gasteiger partial charge in [0.05, 0.1) is 11.6 Å². The van der Waals surface area contributed by atoms with Gasteiger partial charge in [-0.25, -0.2) is 0 Å². The Morgan fingerprint density at radius 3 is 2.54 bits per heavy atom. The summed E-state index contributed by atoms with van der Waals surface area (Å²) >= 11 is 0. The summed E-state index contributed by atoms with van der Waals surface area (Å²) < 4.78 is 0. The Morgan fingerprint density at radius 2 is 2.23 bits per heavy atom. The Hall–Kier alpha value is -0.900. The lowest BCUT2D eigenvalue weighted by molar-refractivity contribution is -0.137. The summed E-state index contributed by atoms with van der Waals surface area (Å²) in [6.45, 7) is 5.53. The lowest BCUT2D eigenvalue weighted by Gasteiger charge is -2.23. The molecular formula is C9H16N2O2. The molecule has 4 nitrogen and oxygen atoms in total. The first kappa shape index (κ1) is 10.2. The number of ketones is 1. The predicted octanol–water partition coefficient (Wildman–Crippen LogP) is -0.0864. The normalized spacial score (nSPS) is 30.8. The summed E-state index contributed by atoms with van der Waals surface area (Å²) in [7, 11) is 0. The van der Waals surface area contributed by atoms with Crippen LogP contribution < -0.4 is 5.73 Å². The second-order valence-corrected chi connectivity index (χ2v) is 3.95. The standard InChI is InChI=1S/C9H16N2O2/c1-6(7(2)12)11-5-4-9(3,10)8(11)13/h6H,4-5,10H2,1-3H3. The van der Waals surface area contributed by atoms with Gasteiger partial charge in [0.2, 0.25) is 5.91 Å². The summed E-state index contributed by atoms with van der Waals surface area (Å²) in [5.41, 5.74) is 4.97. The highest BCUT2D eigenvalue weighted by Crippen LogP contribution is 2.21. The van der Waals surface area contributed by atoms with E-state index < -0.39 is 5.54 Å². The predicted molar refractivity (Wildman–Crippen MR) is 49.1 cm³/mol. The average molecular weight is 184 g/mol. The van der Waals surface area contributed by atoms with Gasteiger partial charge >= 0.3 is 0 Å². The zero-order valence-electron chi connectivity index (χ0n) is 8.33. The van der Waals surface area contributed by atoms with Crippen molar-refractivity contribution in [2.45, 2.75) is 38.8 Å². The molecular weight excluding hydrogens is 168 g/mol. The molecule has 0 aromatic carbocycles. The number of hydrogen-bond acceptors (Lipinski definition) is 3. The van der Waals surface area contributed by atoms with E-state index in [1.807, 2.05) is 0 Å². The molecule has 4 heteroatoms. The zero-order valence-corrected chi connectivity index (χ0v) is 8.33. The molecule has 0 aliphatic carbocycles. The van der Waals surface area contributed by atoms with Crippen LogP contribution >= 0.6 is 0 Å². The van der Waals surface area contributed by atoms with Gasteiger partial charge in [0.15, 0.2) is 5.78 Å². The van der Waals surface area contributed by atoms with Gasteiger partial charge in [0.1, 0.15) is 0 Å². The largest absolute Gasteiger partial charge is 0.331 e. The molecule has 74 valence electrons. The zero-order chi connectivity index (χ0) is 10.2. The van der Waals surface area contributed by atoms with E-state index in [0.29, 0.717) is 13.0 Å². The molecule has 0 aromatic heterocycles. The van der Waals surface area contributed by atoms with Crippen LogP contribution in [0.3, 0.4) is 0 Å². The van der Waals surface area contributed by atoms with Crippen LogP contribution in [0.4, 0.5) is 0 Å². The number of nitrogens with zero attached hydrogens (tertiary/aromatic N) is 1. The Bertz CT molecular complexity index is 248. The number of carbonyl (C=O) groups excluding carboxylic acids is 2. The molecule has 0 saturated carbocycles. The Labute approximate surface area is 78.1 Å². The topological polar surface area (TPSA) is 63.4 Å². The molecule has 0 bridgehead atoms. The molecule has 1 aliphatic heterocycles. The van der Waals surface area contributed by atoms with Gasteiger partial charge in [-0.2, -0.15) is 0 Å². The molecule has 2 unspecified atom stereocenters. The van der Waals surface area contributed by atoms with E-state index in [2.05, 4.69) is 0 Å². The van der Waals surface area contributed by atoms with Crippen LogP contribution in [0.5, 0.6) is 0 Å². The summed E-state index contributed by atoms with van der Waals surface area (Å²) in [6, 6.07) is -0.335. The third-order valence-corrected chi connectivity index (χ3v) is 2.68. The molecule has 13 heavy (non-hydrogen) atoms. The van der Waals surface area contributed by atoms with Crippen molar-refractivity contribution in [3.05, 3.63) is 0 Å². The van der Waals surface area contributed by atoms with Gasteiger partial charge in [0, 0.05) is 6.54 Å². The van der Waals surface area contributed by atoms with E-state index in [0.717, 1.165) is 0 Å². The maximum Gasteiger partial charge on any atom is 0.243 e. The van der Waals surface area contributed by atoms with E-state index >= 15 is 0 Å². The van der Waals surface area contributed by atoms with Crippen molar-refractivity contribution < 1.29 is 9.59 Å². The van der Waals surface area contributed by atoms with Gasteiger partial charge < -0.3 is 10.6 Å². The van der Waals surface area contributed by atoms with Gasteiger partial charge in [-0.15, -0.1) is 0 Å². The lowest BCUT2D eigenvalue weighted by Crippen LogP contribution is -2.48.